The van der Waals surface area contributed by atoms with Crippen LogP contribution in [0.25, 0.3) is 0 Å². The van der Waals surface area contributed by atoms with Crippen LogP contribution in [0.1, 0.15) is 60.9 Å². The van der Waals surface area contributed by atoms with Crippen molar-refractivity contribution in [1.29, 1.82) is 0 Å². The van der Waals surface area contributed by atoms with Gasteiger partial charge in [0.25, 0.3) is 6.47 Å². The molecule has 0 amide bonds. The monoisotopic (exact) mass is 387 g/mol. The molecule has 29 heavy (non-hydrogen) atoms. The van der Waals surface area contributed by atoms with Crippen LogP contribution < -0.4 is 4.90 Å². The van der Waals surface area contributed by atoms with Crippen molar-refractivity contribution in [3.63, 3.8) is 0 Å². The van der Waals surface area contributed by atoms with E-state index in [2.05, 4.69) is 67.8 Å². The van der Waals surface area contributed by atoms with Crippen molar-refractivity contribution in [3.8, 4) is 11.8 Å². The van der Waals surface area contributed by atoms with E-state index in [1.807, 2.05) is 6.07 Å². The Morgan fingerprint density at radius 3 is 2.55 bits per heavy atom. The van der Waals surface area contributed by atoms with Gasteiger partial charge < -0.3 is 9.64 Å². The number of anilines is 1. The van der Waals surface area contributed by atoms with E-state index in [9.17, 15) is 4.79 Å². The molecule has 0 atom stereocenters. The van der Waals surface area contributed by atoms with E-state index in [1.165, 1.54) is 48.2 Å². The van der Waals surface area contributed by atoms with Gasteiger partial charge in [-0.1, -0.05) is 31.8 Å². The van der Waals surface area contributed by atoms with Gasteiger partial charge in [-0.3, -0.25) is 4.79 Å². The van der Waals surface area contributed by atoms with Gasteiger partial charge >= 0.3 is 0 Å². The fourth-order valence-electron chi connectivity index (χ4n) is 4.24. The molecule has 1 heterocycles. The summed E-state index contributed by atoms with van der Waals surface area (Å²) in [6.45, 7) is 8.86. The molecule has 3 heteroatoms. The van der Waals surface area contributed by atoms with Gasteiger partial charge in [-0.15, -0.1) is 0 Å². The van der Waals surface area contributed by atoms with Gasteiger partial charge in [-0.2, -0.15) is 0 Å². The number of ether oxygens (including phenoxy) is 1. The Kier molecular flexibility index (Phi) is 5.37. The molecule has 4 rings (SSSR count). The van der Waals surface area contributed by atoms with E-state index in [1.54, 1.807) is 0 Å². The van der Waals surface area contributed by atoms with Crippen molar-refractivity contribution in [1.82, 2.24) is 0 Å². The summed E-state index contributed by atoms with van der Waals surface area (Å²) in [6.07, 6.45) is 4.59. The first kappa shape index (κ1) is 19.6. The van der Waals surface area contributed by atoms with Gasteiger partial charge in [-0.25, -0.2) is 0 Å². The predicted molar refractivity (Wildman–Crippen MR) is 117 cm³/mol. The largest absolute Gasteiger partial charge is 0.468 e. The molecule has 0 unspecified atom stereocenters. The molecule has 0 aromatic heterocycles. The van der Waals surface area contributed by atoms with Crippen LogP contribution in [0.15, 0.2) is 36.4 Å². The first-order valence-electron chi connectivity index (χ1n) is 10.6. The highest BCUT2D eigenvalue weighted by Gasteiger charge is 2.37. The number of fused-ring (bicyclic) bond motifs is 1. The molecule has 2 aromatic rings. The van der Waals surface area contributed by atoms with E-state index in [-0.39, 0.29) is 5.41 Å². The molecule has 1 fully saturated rings. The number of benzene rings is 2. The standard InChI is InChI=1S/C26H29NO2/c1-19-16-20(6-8-22(19)12-15-29-18-28)4-5-21-7-11-25-24(17-21)26(2,3)13-14-27(25)23-9-10-23/h6-8,11,16-18,23H,9-10,12-15H2,1-3H3. The SMILES string of the molecule is Cc1cc(C#Cc2ccc3c(c2)C(C)(C)CCN3C2CC2)ccc1CCOC=O. The lowest BCUT2D eigenvalue weighted by Gasteiger charge is -2.40. The summed E-state index contributed by atoms with van der Waals surface area (Å²) in [7, 11) is 0. The lowest BCUT2D eigenvalue weighted by atomic mass is 9.77. The van der Waals surface area contributed by atoms with Crippen molar-refractivity contribution in [2.24, 2.45) is 0 Å². The molecule has 0 bridgehead atoms. The molecular formula is C26H29NO2. The van der Waals surface area contributed by atoms with Gasteiger partial charge in [0.2, 0.25) is 0 Å². The number of nitrogens with zero attached hydrogens (tertiary/aromatic N) is 1. The van der Waals surface area contributed by atoms with E-state index in [0.29, 0.717) is 13.1 Å². The molecule has 1 saturated carbocycles. The van der Waals surface area contributed by atoms with Crippen LogP contribution in [0.4, 0.5) is 5.69 Å². The second kappa shape index (κ2) is 7.95. The molecule has 150 valence electrons. The summed E-state index contributed by atoms with van der Waals surface area (Å²) in [5, 5.41) is 0. The van der Waals surface area contributed by atoms with Gasteiger partial charge in [0.05, 0.1) is 6.61 Å². The third-order valence-electron chi connectivity index (χ3n) is 6.25. The summed E-state index contributed by atoms with van der Waals surface area (Å²) in [4.78, 5) is 12.9. The Morgan fingerprint density at radius 1 is 1.14 bits per heavy atom. The zero-order valence-electron chi connectivity index (χ0n) is 17.6. The van der Waals surface area contributed by atoms with Crippen LogP contribution in [-0.4, -0.2) is 25.7 Å². The van der Waals surface area contributed by atoms with Crippen molar-refractivity contribution in [3.05, 3.63) is 64.2 Å². The molecule has 3 nitrogen and oxygen atoms in total. The topological polar surface area (TPSA) is 29.5 Å². The minimum absolute atomic E-state index is 0.195. The number of rotatable bonds is 5. The Morgan fingerprint density at radius 2 is 1.86 bits per heavy atom. The summed E-state index contributed by atoms with van der Waals surface area (Å²) >= 11 is 0. The van der Waals surface area contributed by atoms with Crippen LogP contribution in [0, 0.1) is 18.8 Å². The molecule has 0 radical (unpaired) electrons. The van der Waals surface area contributed by atoms with Crippen molar-refractivity contribution in [2.75, 3.05) is 18.1 Å². The van der Waals surface area contributed by atoms with Gasteiger partial charge in [0, 0.05) is 35.8 Å². The van der Waals surface area contributed by atoms with E-state index in [0.717, 1.165) is 23.6 Å². The highest BCUT2D eigenvalue weighted by molar-refractivity contribution is 5.63. The minimum Gasteiger partial charge on any atom is -0.468 e. The fourth-order valence-corrected chi connectivity index (χ4v) is 4.24. The number of hydrogen-bond acceptors (Lipinski definition) is 3. The fraction of sp³-hybridized carbons (Fsp3) is 0.423. The van der Waals surface area contributed by atoms with E-state index >= 15 is 0 Å². The lowest BCUT2D eigenvalue weighted by molar-refractivity contribution is -0.128. The molecule has 1 aliphatic heterocycles. The minimum atomic E-state index is 0.195. The average molecular weight is 388 g/mol. The third-order valence-corrected chi connectivity index (χ3v) is 6.25. The lowest BCUT2D eigenvalue weighted by Crippen LogP contribution is -2.38. The van der Waals surface area contributed by atoms with Crippen molar-refractivity contribution in [2.45, 2.75) is 57.9 Å². The predicted octanol–water partition coefficient (Wildman–Crippen LogP) is 4.76. The van der Waals surface area contributed by atoms with Gasteiger partial charge in [-0.05, 0) is 78.6 Å². The van der Waals surface area contributed by atoms with Crippen LogP contribution in [0.2, 0.25) is 0 Å². The molecule has 0 N–H and O–H groups in total. The highest BCUT2D eigenvalue weighted by atomic mass is 16.5. The Balaban J connectivity index is 1.56. The summed E-state index contributed by atoms with van der Waals surface area (Å²) in [5.74, 6) is 6.69. The van der Waals surface area contributed by atoms with Crippen LogP contribution in [0.3, 0.4) is 0 Å². The smallest absolute Gasteiger partial charge is 0.293 e. The summed E-state index contributed by atoms with van der Waals surface area (Å²) in [6, 6.07) is 13.7. The molecular weight excluding hydrogens is 358 g/mol. The zero-order chi connectivity index (χ0) is 20.4. The number of hydrogen-bond donors (Lipinski definition) is 0. The maximum absolute atomic E-state index is 10.3. The highest BCUT2D eigenvalue weighted by Crippen LogP contribution is 2.44. The van der Waals surface area contributed by atoms with Crippen molar-refractivity contribution < 1.29 is 9.53 Å². The first-order valence-corrected chi connectivity index (χ1v) is 10.6. The maximum Gasteiger partial charge on any atom is 0.293 e. The van der Waals surface area contributed by atoms with E-state index < -0.39 is 0 Å². The molecule has 0 spiro atoms. The molecule has 2 aromatic carbocycles. The van der Waals surface area contributed by atoms with E-state index in [4.69, 9.17) is 4.74 Å². The average Bonchev–Trinajstić information content (AvgIpc) is 3.53. The Labute approximate surface area is 174 Å². The molecule has 1 aliphatic carbocycles. The number of carbonyl (C=O) groups excluding carboxylic acids is 1. The normalized spacial score (nSPS) is 17.1. The second-order valence-corrected chi connectivity index (χ2v) is 8.90. The summed E-state index contributed by atoms with van der Waals surface area (Å²) < 4.78 is 4.80. The Bertz CT molecular complexity index is 976. The van der Waals surface area contributed by atoms with Crippen LogP contribution in [-0.2, 0) is 21.4 Å². The van der Waals surface area contributed by atoms with Gasteiger partial charge in [0.15, 0.2) is 0 Å². The maximum atomic E-state index is 10.3. The second-order valence-electron chi connectivity index (χ2n) is 8.90. The van der Waals surface area contributed by atoms with Crippen LogP contribution >= 0.6 is 0 Å². The summed E-state index contributed by atoms with van der Waals surface area (Å²) in [5.41, 5.74) is 7.50. The number of carbonyl (C=O) groups is 1. The quantitative estimate of drug-likeness (QED) is 0.421. The van der Waals surface area contributed by atoms with Crippen LogP contribution in [0.5, 0.6) is 0 Å². The molecule has 0 saturated heterocycles. The first-order chi connectivity index (χ1) is 14.0. The third kappa shape index (κ3) is 4.32. The zero-order valence-corrected chi connectivity index (χ0v) is 17.6. The Hall–Kier alpha value is -2.73. The van der Waals surface area contributed by atoms with Crippen molar-refractivity contribution >= 4 is 12.2 Å². The molecule has 2 aliphatic rings. The number of aryl methyl sites for hydroxylation is 1. The van der Waals surface area contributed by atoms with Gasteiger partial charge in [0.1, 0.15) is 0 Å².